The van der Waals surface area contributed by atoms with Gasteiger partial charge in [-0.05, 0) is 51.5 Å². The highest BCUT2D eigenvalue weighted by Gasteiger charge is 2.13. The van der Waals surface area contributed by atoms with E-state index in [4.69, 9.17) is 4.42 Å². The molecule has 0 aliphatic heterocycles. The number of hydrogen-bond donors (Lipinski definition) is 1. The van der Waals surface area contributed by atoms with Crippen molar-refractivity contribution >= 4 is 0 Å². The molecule has 0 spiro atoms. The first-order chi connectivity index (χ1) is 8.27. The maximum absolute atomic E-state index is 5.41. The molecule has 0 fully saturated rings. The van der Waals surface area contributed by atoms with E-state index in [1.165, 1.54) is 12.8 Å². The molecule has 1 aromatic rings. The minimum absolute atomic E-state index is 0.615. The molecule has 17 heavy (non-hydrogen) atoms. The molecule has 1 unspecified atom stereocenters. The van der Waals surface area contributed by atoms with Crippen molar-refractivity contribution in [3.8, 4) is 0 Å². The predicted molar refractivity (Wildman–Crippen MR) is 72.0 cm³/mol. The highest BCUT2D eigenvalue weighted by Crippen LogP contribution is 2.11. The average molecular weight is 238 g/mol. The lowest BCUT2D eigenvalue weighted by Gasteiger charge is -2.27. The van der Waals surface area contributed by atoms with Crippen LogP contribution >= 0.6 is 0 Å². The van der Waals surface area contributed by atoms with E-state index >= 15 is 0 Å². The second-order valence-electron chi connectivity index (χ2n) is 4.49. The molecule has 0 aliphatic rings. The number of hydrogen-bond acceptors (Lipinski definition) is 3. The first kappa shape index (κ1) is 14.3. The van der Waals surface area contributed by atoms with E-state index in [-0.39, 0.29) is 0 Å². The second kappa shape index (κ2) is 8.31. The molecule has 1 atom stereocenters. The van der Waals surface area contributed by atoms with Gasteiger partial charge in [-0.15, -0.1) is 0 Å². The van der Waals surface area contributed by atoms with Crippen LogP contribution in [-0.4, -0.2) is 30.6 Å². The van der Waals surface area contributed by atoms with Gasteiger partial charge in [0, 0.05) is 6.04 Å². The fraction of sp³-hybridized carbons (Fsp3) is 0.714. The van der Waals surface area contributed by atoms with Gasteiger partial charge in [-0.2, -0.15) is 0 Å². The SMILES string of the molecule is CCNCCCC(C)N(CC)Cc1ccco1. The Labute approximate surface area is 105 Å². The zero-order valence-corrected chi connectivity index (χ0v) is 11.4. The van der Waals surface area contributed by atoms with Crippen LogP contribution < -0.4 is 5.32 Å². The van der Waals surface area contributed by atoms with Gasteiger partial charge in [-0.3, -0.25) is 4.90 Å². The van der Waals surface area contributed by atoms with Crippen molar-refractivity contribution in [2.45, 2.75) is 46.2 Å². The first-order valence-corrected chi connectivity index (χ1v) is 6.75. The third kappa shape index (κ3) is 5.37. The normalized spacial score (nSPS) is 13.2. The van der Waals surface area contributed by atoms with E-state index in [9.17, 15) is 0 Å². The summed E-state index contributed by atoms with van der Waals surface area (Å²) in [6.07, 6.45) is 4.23. The molecule has 0 bridgehead atoms. The van der Waals surface area contributed by atoms with E-state index in [1.54, 1.807) is 6.26 Å². The molecular weight excluding hydrogens is 212 g/mol. The molecule has 3 heteroatoms. The Morgan fingerprint density at radius 2 is 2.24 bits per heavy atom. The van der Waals surface area contributed by atoms with Gasteiger partial charge in [0.2, 0.25) is 0 Å². The first-order valence-electron chi connectivity index (χ1n) is 6.75. The summed E-state index contributed by atoms with van der Waals surface area (Å²) in [5, 5.41) is 3.37. The zero-order chi connectivity index (χ0) is 12.5. The lowest BCUT2D eigenvalue weighted by molar-refractivity contribution is 0.184. The molecule has 98 valence electrons. The van der Waals surface area contributed by atoms with Gasteiger partial charge in [-0.25, -0.2) is 0 Å². The van der Waals surface area contributed by atoms with Crippen molar-refractivity contribution in [2.24, 2.45) is 0 Å². The van der Waals surface area contributed by atoms with Crippen LogP contribution in [0.15, 0.2) is 22.8 Å². The quantitative estimate of drug-likeness (QED) is 0.671. The van der Waals surface area contributed by atoms with Gasteiger partial charge in [0.05, 0.1) is 12.8 Å². The van der Waals surface area contributed by atoms with Crippen LogP contribution in [0.1, 0.15) is 39.4 Å². The van der Waals surface area contributed by atoms with Crippen molar-refractivity contribution in [1.29, 1.82) is 0 Å². The third-order valence-corrected chi connectivity index (χ3v) is 3.19. The minimum atomic E-state index is 0.615. The van der Waals surface area contributed by atoms with E-state index < -0.39 is 0 Å². The van der Waals surface area contributed by atoms with Crippen LogP contribution in [0.5, 0.6) is 0 Å². The fourth-order valence-electron chi connectivity index (χ4n) is 2.06. The molecule has 0 radical (unpaired) electrons. The Kier molecular flexibility index (Phi) is 6.97. The molecule has 1 rings (SSSR count). The molecule has 1 aromatic heterocycles. The Balaban J connectivity index is 2.28. The summed E-state index contributed by atoms with van der Waals surface area (Å²) in [6.45, 7) is 10.9. The van der Waals surface area contributed by atoms with Crippen molar-refractivity contribution < 1.29 is 4.42 Å². The van der Waals surface area contributed by atoms with Gasteiger partial charge in [0.25, 0.3) is 0 Å². The number of nitrogens with one attached hydrogen (secondary N) is 1. The van der Waals surface area contributed by atoms with E-state index in [0.717, 1.165) is 31.9 Å². The maximum atomic E-state index is 5.41. The van der Waals surface area contributed by atoms with E-state index in [2.05, 4.69) is 31.0 Å². The summed E-state index contributed by atoms with van der Waals surface area (Å²) < 4.78 is 5.41. The standard InChI is InChI=1S/C14H26N2O/c1-4-15-10-6-8-13(3)16(5-2)12-14-9-7-11-17-14/h7,9,11,13,15H,4-6,8,10,12H2,1-3H3. The monoisotopic (exact) mass is 238 g/mol. The average Bonchev–Trinajstić information content (AvgIpc) is 2.84. The van der Waals surface area contributed by atoms with Crippen LogP contribution in [0.4, 0.5) is 0 Å². The molecule has 1 heterocycles. The smallest absolute Gasteiger partial charge is 0.117 e. The Morgan fingerprint density at radius 3 is 2.82 bits per heavy atom. The number of rotatable bonds is 9. The molecule has 0 saturated carbocycles. The van der Waals surface area contributed by atoms with Crippen molar-refractivity contribution in [3.63, 3.8) is 0 Å². The zero-order valence-electron chi connectivity index (χ0n) is 11.4. The van der Waals surface area contributed by atoms with Crippen LogP contribution in [-0.2, 0) is 6.54 Å². The van der Waals surface area contributed by atoms with E-state index in [0.29, 0.717) is 6.04 Å². The molecule has 0 saturated heterocycles. The Morgan fingerprint density at radius 1 is 1.41 bits per heavy atom. The molecule has 1 N–H and O–H groups in total. The minimum Gasteiger partial charge on any atom is -0.468 e. The van der Waals surface area contributed by atoms with Crippen LogP contribution in [0.25, 0.3) is 0 Å². The van der Waals surface area contributed by atoms with Gasteiger partial charge in [0.15, 0.2) is 0 Å². The van der Waals surface area contributed by atoms with Crippen molar-refractivity contribution in [3.05, 3.63) is 24.2 Å². The molecule has 0 amide bonds. The Bertz CT molecular complexity index is 272. The largest absolute Gasteiger partial charge is 0.468 e. The topological polar surface area (TPSA) is 28.4 Å². The Hall–Kier alpha value is -0.800. The predicted octanol–water partition coefficient (Wildman–Crippen LogP) is 2.88. The summed E-state index contributed by atoms with van der Waals surface area (Å²) in [5.41, 5.74) is 0. The fourth-order valence-corrected chi connectivity index (χ4v) is 2.06. The summed E-state index contributed by atoms with van der Waals surface area (Å²) >= 11 is 0. The summed E-state index contributed by atoms with van der Waals surface area (Å²) in [4.78, 5) is 2.46. The molecule has 0 aromatic carbocycles. The summed E-state index contributed by atoms with van der Waals surface area (Å²) in [6, 6.07) is 4.62. The highest BCUT2D eigenvalue weighted by atomic mass is 16.3. The van der Waals surface area contributed by atoms with Crippen molar-refractivity contribution in [2.75, 3.05) is 19.6 Å². The molecular formula is C14H26N2O. The molecule has 0 aliphatic carbocycles. The van der Waals surface area contributed by atoms with Gasteiger partial charge in [0.1, 0.15) is 5.76 Å². The second-order valence-corrected chi connectivity index (χ2v) is 4.49. The van der Waals surface area contributed by atoms with Crippen LogP contribution in [0.3, 0.4) is 0 Å². The van der Waals surface area contributed by atoms with Crippen LogP contribution in [0, 0.1) is 0 Å². The van der Waals surface area contributed by atoms with E-state index in [1.807, 2.05) is 12.1 Å². The van der Waals surface area contributed by atoms with Crippen molar-refractivity contribution in [1.82, 2.24) is 10.2 Å². The van der Waals surface area contributed by atoms with Crippen LogP contribution in [0.2, 0.25) is 0 Å². The summed E-state index contributed by atoms with van der Waals surface area (Å²) in [5.74, 6) is 1.06. The van der Waals surface area contributed by atoms with Gasteiger partial charge in [-0.1, -0.05) is 13.8 Å². The number of nitrogens with zero attached hydrogens (tertiary/aromatic N) is 1. The third-order valence-electron chi connectivity index (χ3n) is 3.19. The van der Waals surface area contributed by atoms with Gasteiger partial charge < -0.3 is 9.73 Å². The lowest BCUT2D eigenvalue weighted by Crippen LogP contribution is -2.32. The summed E-state index contributed by atoms with van der Waals surface area (Å²) in [7, 11) is 0. The molecule has 3 nitrogen and oxygen atoms in total. The highest BCUT2D eigenvalue weighted by molar-refractivity contribution is 4.98. The maximum Gasteiger partial charge on any atom is 0.117 e. The lowest BCUT2D eigenvalue weighted by atomic mass is 10.1. The van der Waals surface area contributed by atoms with Gasteiger partial charge >= 0.3 is 0 Å². The number of furan rings is 1.